The molecule has 0 aliphatic heterocycles. The van der Waals surface area contributed by atoms with Crippen LogP contribution in [-0.2, 0) is 21.6 Å². The van der Waals surface area contributed by atoms with E-state index in [1.54, 1.807) is 24.5 Å². The summed E-state index contributed by atoms with van der Waals surface area (Å²) in [5.74, 6) is 0.542. The molecule has 0 unspecified atom stereocenters. The lowest BCUT2D eigenvalue weighted by Crippen LogP contribution is -2.25. The van der Waals surface area contributed by atoms with Gasteiger partial charge in [-0.05, 0) is 17.7 Å². The van der Waals surface area contributed by atoms with Gasteiger partial charge in [0.15, 0.2) is 18.2 Å². The third-order valence-corrected chi connectivity index (χ3v) is 3.91. The minimum Gasteiger partial charge on any atom is -0.726 e. The monoisotopic (exact) mass is 404 g/mol. The van der Waals surface area contributed by atoms with Crippen molar-refractivity contribution in [1.29, 1.82) is 0 Å². The van der Waals surface area contributed by atoms with Crippen LogP contribution in [0.1, 0.15) is 0 Å². The van der Waals surface area contributed by atoms with Crippen LogP contribution in [0, 0.1) is 10.1 Å². The number of benzene rings is 1. The van der Waals surface area contributed by atoms with Gasteiger partial charge >= 0.3 is 0 Å². The van der Waals surface area contributed by atoms with E-state index in [2.05, 4.69) is 14.2 Å². The van der Waals surface area contributed by atoms with Crippen molar-refractivity contribution in [2.75, 3.05) is 7.11 Å². The van der Waals surface area contributed by atoms with Crippen molar-refractivity contribution in [3.05, 3.63) is 71.3 Å². The Morgan fingerprint density at radius 3 is 1.89 bits per heavy atom. The number of aromatic nitrogens is 3. The minimum atomic E-state index is -4.41. The van der Waals surface area contributed by atoms with Crippen LogP contribution in [0.15, 0.2) is 61.2 Å². The standard InChI is InChI=1S/C16H13N4O2.CH4O4S/c1-19-8-6-12(7-9-19)14-10-17-16(18-11-14)13-2-4-15(5-3-13)20(21)22;1-5-6(2,3)4/h2-11H,1H3;1H3,(H,2,3,4)/q+1;/p-1. The van der Waals surface area contributed by atoms with Crippen LogP contribution in [0.3, 0.4) is 0 Å². The Kier molecular flexibility index (Phi) is 6.82. The molecule has 0 saturated carbocycles. The van der Waals surface area contributed by atoms with Crippen LogP contribution in [0.2, 0.25) is 0 Å². The molecule has 0 bridgehead atoms. The highest BCUT2D eigenvalue weighted by atomic mass is 32.3. The average Bonchev–Trinajstić information content (AvgIpc) is 2.69. The lowest BCUT2D eigenvalue weighted by atomic mass is 10.1. The summed E-state index contributed by atoms with van der Waals surface area (Å²) in [6, 6.07) is 10.2. The van der Waals surface area contributed by atoms with Crippen LogP contribution >= 0.6 is 0 Å². The van der Waals surface area contributed by atoms with Crippen molar-refractivity contribution in [3.8, 4) is 22.5 Å². The zero-order valence-corrected chi connectivity index (χ0v) is 15.7. The SMILES string of the molecule is COS(=O)(=O)[O-].C[n+]1ccc(-c2cnc(-c3ccc([N+](=O)[O-])cc3)nc2)cc1. The summed E-state index contributed by atoms with van der Waals surface area (Å²) < 4.78 is 33.0. The van der Waals surface area contributed by atoms with Gasteiger partial charge in [-0.1, -0.05) is 0 Å². The molecule has 3 rings (SSSR count). The fourth-order valence-corrected chi connectivity index (χ4v) is 2.05. The first-order valence-electron chi connectivity index (χ1n) is 7.73. The van der Waals surface area contributed by atoms with Crippen molar-refractivity contribution in [3.63, 3.8) is 0 Å². The quantitative estimate of drug-likeness (QED) is 0.210. The van der Waals surface area contributed by atoms with E-state index in [-0.39, 0.29) is 5.69 Å². The molecule has 0 radical (unpaired) electrons. The molecule has 0 N–H and O–H groups in total. The highest BCUT2D eigenvalue weighted by Gasteiger charge is 2.07. The Morgan fingerprint density at radius 1 is 0.964 bits per heavy atom. The summed E-state index contributed by atoms with van der Waals surface area (Å²) in [4.78, 5) is 18.9. The van der Waals surface area contributed by atoms with Gasteiger partial charge in [-0.15, -0.1) is 0 Å². The van der Waals surface area contributed by atoms with Gasteiger partial charge in [-0.3, -0.25) is 14.3 Å². The summed E-state index contributed by atoms with van der Waals surface area (Å²) in [6.07, 6.45) is 7.41. The van der Waals surface area contributed by atoms with Crippen molar-refractivity contribution in [2.45, 2.75) is 0 Å². The number of aryl methyl sites for hydroxylation is 1. The van der Waals surface area contributed by atoms with E-state index in [1.807, 2.05) is 36.1 Å². The van der Waals surface area contributed by atoms with Crippen LogP contribution in [0.25, 0.3) is 22.5 Å². The number of rotatable bonds is 4. The maximum atomic E-state index is 10.6. The molecule has 10 nitrogen and oxygen atoms in total. The summed E-state index contributed by atoms with van der Waals surface area (Å²) in [6.45, 7) is 0. The molecule has 0 amide bonds. The highest BCUT2D eigenvalue weighted by molar-refractivity contribution is 7.80. The van der Waals surface area contributed by atoms with Crippen molar-refractivity contribution >= 4 is 16.1 Å². The van der Waals surface area contributed by atoms with Crippen molar-refractivity contribution in [1.82, 2.24) is 9.97 Å². The molecular formula is C17H16N4O6S. The Morgan fingerprint density at radius 2 is 1.46 bits per heavy atom. The third kappa shape index (κ3) is 6.16. The van der Waals surface area contributed by atoms with E-state index in [4.69, 9.17) is 0 Å². The predicted octanol–water partition coefficient (Wildman–Crippen LogP) is 1.64. The zero-order valence-electron chi connectivity index (χ0n) is 14.9. The maximum Gasteiger partial charge on any atom is 0.269 e. The number of nitro benzene ring substituents is 1. The first kappa shape index (κ1) is 21.0. The fraction of sp³-hybridized carbons (Fsp3) is 0.118. The normalized spacial score (nSPS) is 10.7. The van der Waals surface area contributed by atoms with Crippen LogP contribution in [0.4, 0.5) is 5.69 Å². The molecule has 2 heterocycles. The van der Waals surface area contributed by atoms with Gasteiger partial charge in [0.25, 0.3) is 5.69 Å². The number of hydrogen-bond donors (Lipinski definition) is 0. The smallest absolute Gasteiger partial charge is 0.269 e. The first-order chi connectivity index (χ1) is 13.2. The maximum absolute atomic E-state index is 10.6. The molecule has 0 aliphatic rings. The summed E-state index contributed by atoms with van der Waals surface area (Å²) >= 11 is 0. The van der Waals surface area contributed by atoms with Gasteiger partial charge in [0, 0.05) is 47.8 Å². The van der Waals surface area contributed by atoms with E-state index >= 15 is 0 Å². The second-order valence-corrected chi connectivity index (χ2v) is 6.58. The van der Waals surface area contributed by atoms with Crippen molar-refractivity contribution < 1.29 is 26.6 Å². The fourth-order valence-electron chi connectivity index (χ4n) is 2.05. The van der Waals surface area contributed by atoms with Gasteiger partial charge in [-0.2, -0.15) is 0 Å². The molecule has 3 aromatic rings. The molecular weight excluding hydrogens is 388 g/mol. The van der Waals surface area contributed by atoms with Crippen molar-refractivity contribution in [2.24, 2.45) is 7.05 Å². The van der Waals surface area contributed by atoms with Crippen LogP contribution in [-0.4, -0.2) is 35.0 Å². The van der Waals surface area contributed by atoms with Crippen LogP contribution in [0.5, 0.6) is 0 Å². The van der Waals surface area contributed by atoms with Gasteiger partial charge in [0.1, 0.15) is 7.05 Å². The molecule has 28 heavy (non-hydrogen) atoms. The number of nitro groups is 1. The average molecular weight is 404 g/mol. The van der Waals surface area contributed by atoms with E-state index in [1.165, 1.54) is 12.1 Å². The van der Waals surface area contributed by atoms with E-state index in [0.29, 0.717) is 5.82 Å². The van der Waals surface area contributed by atoms with Gasteiger partial charge in [-0.25, -0.2) is 23.0 Å². The first-order valence-corrected chi connectivity index (χ1v) is 9.07. The number of nitrogens with zero attached hydrogens (tertiary/aromatic N) is 4. The lowest BCUT2D eigenvalue weighted by molar-refractivity contribution is -0.671. The Balaban J connectivity index is 0.000000409. The van der Waals surface area contributed by atoms with Crippen LogP contribution < -0.4 is 4.57 Å². The molecule has 11 heteroatoms. The number of hydrogen-bond acceptors (Lipinski definition) is 8. The van der Waals surface area contributed by atoms with Gasteiger partial charge in [0.05, 0.1) is 12.0 Å². The largest absolute Gasteiger partial charge is 0.726 e. The molecule has 0 fully saturated rings. The third-order valence-electron chi connectivity index (χ3n) is 3.50. The Hall–Kier alpha value is -3.28. The second kappa shape index (κ2) is 9.08. The van der Waals surface area contributed by atoms with E-state index in [9.17, 15) is 23.1 Å². The minimum absolute atomic E-state index is 0.0533. The molecule has 0 saturated heterocycles. The number of pyridine rings is 1. The molecule has 146 valence electrons. The van der Waals surface area contributed by atoms with E-state index < -0.39 is 15.3 Å². The molecule has 0 atom stereocenters. The summed E-state index contributed by atoms with van der Waals surface area (Å²) in [5, 5.41) is 10.6. The molecule has 0 aliphatic carbocycles. The molecule has 0 spiro atoms. The van der Waals surface area contributed by atoms with Gasteiger partial charge < -0.3 is 4.55 Å². The van der Waals surface area contributed by atoms with E-state index in [0.717, 1.165) is 23.8 Å². The number of non-ortho nitro benzene ring substituents is 1. The Labute approximate surface area is 161 Å². The second-order valence-electron chi connectivity index (χ2n) is 5.43. The van der Waals surface area contributed by atoms with Gasteiger partial charge in [0.2, 0.25) is 10.4 Å². The highest BCUT2D eigenvalue weighted by Crippen LogP contribution is 2.21. The summed E-state index contributed by atoms with van der Waals surface area (Å²) in [7, 11) is -1.65. The molecule has 2 aromatic heterocycles. The summed E-state index contributed by atoms with van der Waals surface area (Å²) in [5.41, 5.74) is 2.76. The topological polar surface area (TPSA) is 139 Å². The molecule has 1 aromatic carbocycles. The zero-order chi connectivity index (χ0) is 20.7. The lowest BCUT2D eigenvalue weighted by Gasteiger charge is -2.02. The Bertz CT molecular complexity index is 1040. The predicted molar refractivity (Wildman–Crippen MR) is 97.4 cm³/mol.